The molecule has 1 saturated heterocycles. The number of amides is 3. The van der Waals surface area contributed by atoms with Gasteiger partial charge in [-0.1, -0.05) is 0 Å². The zero-order valence-corrected chi connectivity index (χ0v) is 15.3. The Bertz CT molecular complexity index is 779. The van der Waals surface area contributed by atoms with E-state index in [0.29, 0.717) is 37.2 Å². The van der Waals surface area contributed by atoms with Gasteiger partial charge in [-0.2, -0.15) is 0 Å². The van der Waals surface area contributed by atoms with Crippen molar-refractivity contribution in [3.05, 3.63) is 47.3 Å². The second-order valence-corrected chi connectivity index (χ2v) is 7.24. The standard InChI is InChI=1S/C19H21N3O3S/c1-13(23)14-4-6-16(7-5-14)20-18(24)15-8-10-22(11-9-15)19(25)21-17-3-2-12-26-17/h2-7,12,15H,8-11H2,1H3,(H,20,24)(H,21,25). The van der Waals surface area contributed by atoms with Crippen LogP contribution in [0.1, 0.15) is 30.1 Å². The maximum Gasteiger partial charge on any atom is 0.322 e. The fourth-order valence-corrected chi connectivity index (χ4v) is 3.52. The summed E-state index contributed by atoms with van der Waals surface area (Å²) in [5.74, 6) is -0.164. The van der Waals surface area contributed by atoms with Crippen molar-refractivity contribution in [1.82, 2.24) is 4.90 Å². The van der Waals surface area contributed by atoms with Gasteiger partial charge in [-0.05, 0) is 61.5 Å². The van der Waals surface area contributed by atoms with Crippen LogP contribution in [-0.4, -0.2) is 35.7 Å². The van der Waals surface area contributed by atoms with E-state index in [4.69, 9.17) is 0 Å². The normalized spacial score (nSPS) is 14.7. The van der Waals surface area contributed by atoms with Crippen LogP contribution in [0.15, 0.2) is 41.8 Å². The summed E-state index contributed by atoms with van der Waals surface area (Å²) in [5, 5.41) is 8.49. The first-order valence-electron chi connectivity index (χ1n) is 8.54. The summed E-state index contributed by atoms with van der Waals surface area (Å²) < 4.78 is 0. The van der Waals surface area contributed by atoms with E-state index in [1.807, 2.05) is 17.5 Å². The number of carbonyl (C=O) groups excluding carboxylic acids is 3. The van der Waals surface area contributed by atoms with Crippen LogP contribution in [0.25, 0.3) is 0 Å². The first kappa shape index (κ1) is 18.1. The van der Waals surface area contributed by atoms with Crippen LogP contribution < -0.4 is 10.6 Å². The number of carbonyl (C=O) groups is 3. The van der Waals surface area contributed by atoms with Gasteiger partial charge in [0, 0.05) is 30.3 Å². The third-order valence-electron chi connectivity index (χ3n) is 4.46. The second kappa shape index (κ2) is 8.14. The molecule has 0 aliphatic carbocycles. The van der Waals surface area contributed by atoms with E-state index in [1.165, 1.54) is 18.3 Å². The van der Waals surface area contributed by atoms with Crippen LogP contribution in [0.5, 0.6) is 0 Å². The van der Waals surface area contributed by atoms with Gasteiger partial charge in [0.15, 0.2) is 5.78 Å². The van der Waals surface area contributed by atoms with Crippen molar-refractivity contribution in [1.29, 1.82) is 0 Å². The molecule has 1 fully saturated rings. The van der Waals surface area contributed by atoms with Gasteiger partial charge in [-0.15, -0.1) is 11.3 Å². The minimum atomic E-state index is -0.119. The number of thiophene rings is 1. The van der Waals surface area contributed by atoms with E-state index in [0.717, 1.165) is 5.00 Å². The van der Waals surface area contributed by atoms with Crippen molar-refractivity contribution >= 4 is 39.7 Å². The molecule has 3 rings (SSSR count). The molecule has 7 heteroatoms. The zero-order valence-electron chi connectivity index (χ0n) is 14.5. The number of Topliss-reactive ketones (excluding diaryl/α,β-unsaturated/α-hetero) is 1. The number of nitrogens with one attached hydrogen (secondary N) is 2. The Balaban J connectivity index is 1.48. The number of urea groups is 1. The molecule has 0 unspecified atom stereocenters. The van der Waals surface area contributed by atoms with E-state index in [-0.39, 0.29) is 23.6 Å². The number of hydrogen-bond acceptors (Lipinski definition) is 4. The third kappa shape index (κ3) is 4.49. The van der Waals surface area contributed by atoms with Gasteiger partial charge < -0.3 is 10.2 Å². The Labute approximate surface area is 156 Å². The number of likely N-dealkylation sites (tertiary alicyclic amines) is 1. The average molecular weight is 371 g/mol. The summed E-state index contributed by atoms with van der Waals surface area (Å²) >= 11 is 1.48. The highest BCUT2D eigenvalue weighted by atomic mass is 32.1. The smallest absolute Gasteiger partial charge is 0.322 e. The molecule has 1 aromatic carbocycles. The Morgan fingerprint density at radius 2 is 1.73 bits per heavy atom. The summed E-state index contributed by atoms with van der Waals surface area (Å²) in [6.07, 6.45) is 1.27. The van der Waals surface area contributed by atoms with Crippen LogP contribution in [0.4, 0.5) is 15.5 Å². The van der Waals surface area contributed by atoms with Gasteiger partial charge in [-0.25, -0.2) is 4.79 Å². The van der Waals surface area contributed by atoms with E-state index in [2.05, 4.69) is 10.6 Å². The van der Waals surface area contributed by atoms with E-state index in [1.54, 1.807) is 29.2 Å². The predicted molar refractivity (Wildman–Crippen MR) is 103 cm³/mol. The van der Waals surface area contributed by atoms with Crippen molar-refractivity contribution < 1.29 is 14.4 Å². The Hall–Kier alpha value is -2.67. The Kier molecular flexibility index (Phi) is 5.68. The summed E-state index contributed by atoms with van der Waals surface area (Å²) in [4.78, 5) is 37.7. The molecule has 1 aromatic heterocycles. The minimum Gasteiger partial charge on any atom is -0.326 e. The molecule has 26 heavy (non-hydrogen) atoms. The minimum absolute atomic E-state index is 0.00364. The third-order valence-corrected chi connectivity index (χ3v) is 5.25. The van der Waals surface area contributed by atoms with Crippen molar-refractivity contribution in [2.75, 3.05) is 23.7 Å². The molecule has 0 bridgehead atoms. The maximum atomic E-state index is 12.4. The number of anilines is 2. The zero-order chi connectivity index (χ0) is 18.5. The van der Waals surface area contributed by atoms with Gasteiger partial charge >= 0.3 is 6.03 Å². The number of ketones is 1. The van der Waals surface area contributed by atoms with Crippen molar-refractivity contribution in [3.8, 4) is 0 Å². The molecular weight excluding hydrogens is 350 g/mol. The molecule has 1 aliphatic rings. The monoisotopic (exact) mass is 371 g/mol. The van der Waals surface area contributed by atoms with Gasteiger partial charge in [0.25, 0.3) is 0 Å². The van der Waals surface area contributed by atoms with Crippen molar-refractivity contribution in [2.24, 2.45) is 5.92 Å². The number of benzene rings is 1. The Morgan fingerprint density at radius 3 is 2.31 bits per heavy atom. The molecule has 1 aliphatic heterocycles. The van der Waals surface area contributed by atoms with Crippen LogP contribution >= 0.6 is 11.3 Å². The van der Waals surface area contributed by atoms with Crippen LogP contribution in [-0.2, 0) is 4.79 Å². The van der Waals surface area contributed by atoms with E-state index in [9.17, 15) is 14.4 Å². The van der Waals surface area contributed by atoms with Crippen LogP contribution in [0, 0.1) is 5.92 Å². The highest BCUT2D eigenvalue weighted by Gasteiger charge is 2.27. The van der Waals surface area contributed by atoms with E-state index >= 15 is 0 Å². The summed E-state index contributed by atoms with van der Waals surface area (Å²) in [5.41, 5.74) is 1.30. The van der Waals surface area contributed by atoms with Gasteiger partial charge in [0.05, 0.1) is 5.00 Å². The van der Waals surface area contributed by atoms with Crippen LogP contribution in [0.3, 0.4) is 0 Å². The number of nitrogens with zero attached hydrogens (tertiary/aromatic N) is 1. The molecule has 136 valence electrons. The molecule has 0 saturated carbocycles. The first-order chi connectivity index (χ1) is 12.5. The Morgan fingerprint density at radius 1 is 1.04 bits per heavy atom. The number of piperidine rings is 1. The predicted octanol–water partition coefficient (Wildman–Crippen LogP) is 3.83. The largest absolute Gasteiger partial charge is 0.326 e. The lowest BCUT2D eigenvalue weighted by Gasteiger charge is -2.31. The SMILES string of the molecule is CC(=O)c1ccc(NC(=O)C2CCN(C(=O)Nc3cccs3)CC2)cc1. The fraction of sp³-hybridized carbons (Fsp3) is 0.316. The molecule has 2 aromatic rings. The molecule has 3 amide bonds. The lowest BCUT2D eigenvalue weighted by molar-refractivity contribution is -0.121. The average Bonchev–Trinajstić information content (AvgIpc) is 3.15. The van der Waals surface area contributed by atoms with Crippen LogP contribution in [0.2, 0.25) is 0 Å². The quantitative estimate of drug-likeness (QED) is 0.802. The molecule has 2 heterocycles. The lowest BCUT2D eigenvalue weighted by Crippen LogP contribution is -2.43. The number of hydrogen-bond donors (Lipinski definition) is 2. The second-order valence-electron chi connectivity index (χ2n) is 6.29. The molecule has 6 nitrogen and oxygen atoms in total. The summed E-state index contributed by atoms with van der Waals surface area (Å²) in [6.45, 7) is 2.62. The van der Waals surface area contributed by atoms with Crippen molar-refractivity contribution in [2.45, 2.75) is 19.8 Å². The highest BCUT2D eigenvalue weighted by molar-refractivity contribution is 7.14. The highest BCUT2D eigenvalue weighted by Crippen LogP contribution is 2.22. The molecule has 0 spiro atoms. The van der Waals surface area contributed by atoms with E-state index < -0.39 is 0 Å². The first-order valence-corrected chi connectivity index (χ1v) is 9.42. The van der Waals surface area contributed by atoms with Gasteiger partial charge in [0.2, 0.25) is 5.91 Å². The fourth-order valence-electron chi connectivity index (χ4n) is 2.91. The summed E-state index contributed by atoms with van der Waals surface area (Å²) in [6, 6.07) is 10.5. The molecular formula is C19H21N3O3S. The molecule has 2 N–H and O–H groups in total. The van der Waals surface area contributed by atoms with Gasteiger partial charge in [0.1, 0.15) is 0 Å². The van der Waals surface area contributed by atoms with Crippen molar-refractivity contribution in [3.63, 3.8) is 0 Å². The topological polar surface area (TPSA) is 78.5 Å². The number of rotatable bonds is 4. The van der Waals surface area contributed by atoms with Gasteiger partial charge in [-0.3, -0.25) is 14.9 Å². The lowest BCUT2D eigenvalue weighted by atomic mass is 9.96. The molecule has 0 atom stereocenters. The molecule has 0 radical (unpaired) electrons. The summed E-state index contributed by atoms with van der Waals surface area (Å²) in [7, 11) is 0. The maximum absolute atomic E-state index is 12.4.